The Kier molecular flexibility index (Phi) is 2.70. The first-order valence-corrected chi connectivity index (χ1v) is 5.40. The highest BCUT2D eigenvalue weighted by atomic mass is 32.2. The number of halogens is 1. The molecule has 0 radical (unpaired) electrons. The number of nitrogens with two attached hydrogens (primary N) is 1. The molecule has 0 saturated carbocycles. The lowest BCUT2D eigenvalue weighted by Gasteiger charge is -2.28. The number of alkyl halides is 1. The Morgan fingerprint density at radius 3 is 2.67 bits per heavy atom. The normalized spacial score (nSPS) is 31.8. The van der Waals surface area contributed by atoms with Gasteiger partial charge in [0.2, 0.25) is 10.0 Å². The van der Waals surface area contributed by atoms with Crippen LogP contribution in [0.4, 0.5) is 4.39 Å². The number of primary sulfonamides is 1. The maximum absolute atomic E-state index is 13.5. The molecule has 4 nitrogen and oxygen atoms in total. The molecule has 0 amide bonds. The molecule has 1 atom stereocenters. The zero-order valence-electron chi connectivity index (χ0n) is 6.62. The number of hydrogen-bond donors (Lipinski definition) is 1. The lowest BCUT2D eigenvalue weighted by molar-refractivity contribution is -0.0182. The molecular weight excluding hydrogens is 185 g/mol. The zero-order chi connectivity index (χ0) is 9.24. The van der Waals surface area contributed by atoms with Crippen LogP contribution in [-0.4, -0.2) is 33.1 Å². The van der Waals surface area contributed by atoms with E-state index in [1.165, 1.54) is 0 Å². The summed E-state index contributed by atoms with van der Waals surface area (Å²) in [5, 5.41) is 4.73. The highest BCUT2D eigenvalue weighted by molar-refractivity contribution is 7.89. The zero-order valence-corrected chi connectivity index (χ0v) is 7.44. The minimum Gasteiger partial charge on any atom is -0.378 e. The summed E-state index contributed by atoms with van der Waals surface area (Å²) < 4.78 is 39.5. The molecular formula is C6H12FNO3S. The van der Waals surface area contributed by atoms with Crippen LogP contribution in [0, 0.1) is 0 Å². The molecule has 2 N–H and O–H groups in total. The summed E-state index contributed by atoms with van der Waals surface area (Å²) in [6.07, 6.45) is 0.759. The van der Waals surface area contributed by atoms with Gasteiger partial charge in [0.05, 0.1) is 6.61 Å². The minimum atomic E-state index is -3.74. The van der Waals surface area contributed by atoms with Crippen molar-refractivity contribution in [2.75, 3.05) is 19.0 Å². The van der Waals surface area contributed by atoms with Gasteiger partial charge in [0, 0.05) is 6.61 Å². The van der Waals surface area contributed by atoms with E-state index in [1.807, 2.05) is 0 Å². The minimum absolute atomic E-state index is 0.163. The average molecular weight is 197 g/mol. The van der Waals surface area contributed by atoms with Gasteiger partial charge in [-0.25, -0.2) is 17.9 Å². The van der Waals surface area contributed by atoms with E-state index in [0.717, 1.165) is 0 Å². The Hall–Kier alpha value is -0.200. The maximum atomic E-state index is 13.5. The van der Waals surface area contributed by atoms with E-state index in [1.54, 1.807) is 0 Å². The van der Waals surface area contributed by atoms with E-state index in [9.17, 15) is 12.8 Å². The molecule has 72 valence electrons. The van der Waals surface area contributed by atoms with Gasteiger partial charge in [-0.3, -0.25) is 0 Å². The number of hydrogen-bond acceptors (Lipinski definition) is 3. The Morgan fingerprint density at radius 1 is 1.58 bits per heavy atom. The van der Waals surface area contributed by atoms with E-state index >= 15 is 0 Å². The molecule has 1 saturated heterocycles. The summed E-state index contributed by atoms with van der Waals surface area (Å²) in [6, 6.07) is 0. The van der Waals surface area contributed by atoms with Crippen LogP contribution >= 0.6 is 0 Å². The summed E-state index contributed by atoms with van der Waals surface area (Å²) in [4.78, 5) is 0. The Morgan fingerprint density at radius 2 is 2.25 bits per heavy atom. The number of sulfonamides is 1. The van der Waals surface area contributed by atoms with Crippen LogP contribution in [0.2, 0.25) is 0 Å². The number of ether oxygens (including phenoxy) is 1. The molecule has 0 bridgehead atoms. The first-order valence-electron chi connectivity index (χ1n) is 3.68. The van der Waals surface area contributed by atoms with Crippen LogP contribution in [0.3, 0.4) is 0 Å². The molecule has 1 heterocycles. The van der Waals surface area contributed by atoms with E-state index in [0.29, 0.717) is 13.0 Å². The SMILES string of the molecule is NS(=O)(=O)CC1(F)CCCOC1. The average Bonchev–Trinajstić information content (AvgIpc) is 1.83. The molecule has 0 aromatic carbocycles. The Bertz CT molecular complexity index is 246. The third-order valence-electron chi connectivity index (χ3n) is 1.73. The Labute approximate surface area is 70.9 Å². The summed E-state index contributed by atoms with van der Waals surface area (Å²) in [6.45, 7) is 0.333. The monoisotopic (exact) mass is 197 g/mol. The predicted molar refractivity (Wildman–Crippen MR) is 41.9 cm³/mol. The van der Waals surface area contributed by atoms with Crippen molar-refractivity contribution in [2.45, 2.75) is 18.5 Å². The molecule has 1 fully saturated rings. The molecule has 6 heteroatoms. The van der Waals surface area contributed by atoms with Gasteiger partial charge in [0.25, 0.3) is 0 Å². The van der Waals surface area contributed by atoms with Gasteiger partial charge in [-0.1, -0.05) is 0 Å². The van der Waals surface area contributed by atoms with Crippen LogP contribution in [0.1, 0.15) is 12.8 Å². The molecule has 1 rings (SSSR count). The first kappa shape index (κ1) is 9.88. The third-order valence-corrected chi connectivity index (χ3v) is 2.65. The Balaban J connectivity index is 2.59. The third kappa shape index (κ3) is 3.04. The van der Waals surface area contributed by atoms with Gasteiger partial charge in [0.15, 0.2) is 0 Å². The van der Waals surface area contributed by atoms with E-state index < -0.39 is 21.4 Å². The van der Waals surface area contributed by atoms with Crippen LogP contribution in [0.5, 0.6) is 0 Å². The fraction of sp³-hybridized carbons (Fsp3) is 1.00. The molecule has 0 spiro atoms. The van der Waals surface area contributed by atoms with Crippen LogP contribution in [0.25, 0.3) is 0 Å². The smallest absolute Gasteiger partial charge is 0.212 e. The second kappa shape index (κ2) is 3.27. The topological polar surface area (TPSA) is 69.4 Å². The van der Waals surface area contributed by atoms with Crippen molar-refractivity contribution in [3.8, 4) is 0 Å². The lowest BCUT2D eigenvalue weighted by atomic mass is 10.0. The lowest BCUT2D eigenvalue weighted by Crippen LogP contribution is -2.42. The van der Waals surface area contributed by atoms with Gasteiger partial charge in [-0.2, -0.15) is 0 Å². The van der Waals surface area contributed by atoms with E-state index in [2.05, 4.69) is 0 Å². The highest BCUT2D eigenvalue weighted by Gasteiger charge is 2.36. The summed E-state index contributed by atoms with van der Waals surface area (Å²) in [5.74, 6) is -0.639. The van der Waals surface area contributed by atoms with Gasteiger partial charge in [0.1, 0.15) is 11.4 Å². The van der Waals surface area contributed by atoms with Crippen LogP contribution in [-0.2, 0) is 14.8 Å². The largest absolute Gasteiger partial charge is 0.378 e. The first-order chi connectivity index (χ1) is 5.41. The fourth-order valence-electron chi connectivity index (χ4n) is 1.29. The highest BCUT2D eigenvalue weighted by Crippen LogP contribution is 2.24. The summed E-state index contributed by atoms with van der Waals surface area (Å²) >= 11 is 0. The van der Waals surface area contributed by atoms with Crippen molar-refractivity contribution in [1.82, 2.24) is 0 Å². The quantitative estimate of drug-likeness (QED) is 0.666. The maximum Gasteiger partial charge on any atom is 0.212 e. The van der Waals surface area contributed by atoms with E-state index in [-0.39, 0.29) is 13.0 Å². The number of rotatable bonds is 2. The van der Waals surface area contributed by atoms with Crippen LogP contribution < -0.4 is 5.14 Å². The molecule has 0 aromatic heterocycles. The van der Waals surface area contributed by atoms with Crippen molar-refractivity contribution in [3.05, 3.63) is 0 Å². The van der Waals surface area contributed by atoms with Crippen molar-refractivity contribution in [1.29, 1.82) is 0 Å². The molecule has 12 heavy (non-hydrogen) atoms. The molecule has 0 aromatic rings. The summed E-state index contributed by atoms with van der Waals surface area (Å²) in [5.41, 5.74) is -1.77. The fourth-order valence-corrected chi connectivity index (χ4v) is 2.24. The standard InChI is InChI=1S/C6H12FNO3S/c7-6(5-12(8,9)10)2-1-3-11-4-6/h1-5H2,(H2,8,9,10). The van der Waals surface area contributed by atoms with Gasteiger partial charge < -0.3 is 4.74 Å². The summed E-state index contributed by atoms with van der Waals surface area (Å²) in [7, 11) is -3.74. The van der Waals surface area contributed by atoms with Gasteiger partial charge in [-0.15, -0.1) is 0 Å². The van der Waals surface area contributed by atoms with Crippen molar-refractivity contribution >= 4 is 10.0 Å². The van der Waals surface area contributed by atoms with Crippen molar-refractivity contribution < 1.29 is 17.5 Å². The van der Waals surface area contributed by atoms with Crippen molar-refractivity contribution in [2.24, 2.45) is 5.14 Å². The molecule has 1 aliphatic heterocycles. The molecule has 1 aliphatic rings. The van der Waals surface area contributed by atoms with Crippen molar-refractivity contribution in [3.63, 3.8) is 0 Å². The van der Waals surface area contributed by atoms with Crippen LogP contribution in [0.15, 0.2) is 0 Å². The van der Waals surface area contributed by atoms with Gasteiger partial charge >= 0.3 is 0 Å². The van der Waals surface area contributed by atoms with Gasteiger partial charge in [-0.05, 0) is 12.8 Å². The van der Waals surface area contributed by atoms with E-state index in [4.69, 9.17) is 9.88 Å². The second-order valence-corrected chi connectivity index (χ2v) is 4.73. The molecule has 1 unspecified atom stereocenters. The second-order valence-electron chi connectivity index (χ2n) is 3.11. The molecule has 0 aliphatic carbocycles. The predicted octanol–water partition coefficient (Wildman–Crippen LogP) is -0.206.